The van der Waals surface area contributed by atoms with Crippen molar-refractivity contribution in [2.75, 3.05) is 20.7 Å². The number of benzene rings is 1. The van der Waals surface area contributed by atoms with Crippen LogP contribution in [0.2, 0.25) is 0 Å². The molecule has 0 unspecified atom stereocenters. The first-order valence-corrected chi connectivity index (χ1v) is 6.04. The Hall–Kier alpha value is -1.91. The van der Waals surface area contributed by atoms with Gasteiger partial charge in [0.15, 0.2) is 0 Å². The Labute approximate surface area is 112 Å². The van der Waals surface area contributed by atoms with Gasteiger partial charge in [-0.25, -0.2) is 4.39 Å². The fraction of sp³-hybridized carbons (Fsp3) is 0.429. The summed E-state index contributed by atoms with van der Waals surface area (Å²) in [5.74, 6) is -0.809. The molecule has 5 heteroatoms. The molecule has 0 aliphatic carbocycles. The third-order valence-corrected chi connectivity index (χ3v) is 2.85. The average molecular weight is 267 g/mol. The summed E-state index contributed by atoms with van der Waals surface area (Å²) in [4.78, 5) is 24.5. The smallest absolute Gasteiger partial charge is 0.305 e. The molecule has 0 heterocycles. The maximum absolute atomic E-state index is 13.1. The number of carbonyl (C=O) groups is 2. The summed E-state index contributed by atoms with van der Waals surface area (Å²) in [6.07, 6.45) is 0.811. The van der Waals surface area contributed by atoms with E-state index in [2.05, 4.69) is 4.74 Å². The number of hydrogen-bond donors (Lipinski definition) is 0. The van der Waals surface area contributed by atoms with Crippen LogP contribution in [0, 0.1) is 12.7 Å². The van der Waals surface area contributed by atoms with E-state index in [1.807, 2.05) is 0 Å². The summed E-state index contributed by atoms with van der Waals surface area (Å²) in [6.45, 7) is 2.06. The van der Waals surface area contributed by atoms with Gasteiger partial charge in [-0.3, -0.25) is 9.59 Å². The second-order valence-electron chi connectivity index (χ2n) is 4.37. The van der Waals surface area contributed by atoms with Crippen LogP contribution < -0.4 is 0 Å². The summed E-state index contributed by atoms with van der Waals surface area (Å²) in [5, 5.41) is 0. The lowest BCUT2D eigenvalue weighted by molar-refractivity contribution is -0.140. The molecular weight excluding hydrogens is 249 g/mol. The number of methoxy groups -OCH3 is 1. The average Bonchev–Trinajstić information content (AvgIpc) is 2.40. The molecule has 0 aliphatic heterocycles. The Balaban J connectivity index is 2.56. The predicted molar refractivity (Wildman–Crippen MR) is 69.3 cm³/mol. The summed E-state index contributed by atoms with van der Waals surface area (Å²) < 4.78 is 17.6. The number of ether oxygens (including phenoxy) is 1. The van der Waals surface area contributed by atoms with E-state index < -0.39 is 0 Å². The van der Waals surface area contributed by atoms with Crippen LogP contribution in [0.1, 0.15) is 28.8 Å². The Kier molecular flexibility index (Phi) is 5.48. The molecule has 0 fully saturated rings. The summed E-state index contributed by atoms with van der Waals surface area (Å²) >= 11 is 0. The lowest BCUT2D eigenvalue weighted by atomic mass is 10.1. The van der Waals surface area contributed by atoms with Gasteiger partial charge in [-0.15, -0.1) is 0 Å². The zero-order valence-corrected chi connectivity index (χ0v) is 11.4. The molecule has 1 amide bonds. The van der Waals surface area contributed by atoms with Crippen molar-refractivity contribution in [2.45, 2.75) is 19.8 Å². The van der Waals surface area contributed by atoms with Gasteiger partial charge in [0, 0.05) is 25.6 Å². The predicted octanol–water partition coefficient (Wildman–Crippen LogP) is 2.16. The van der Waals surface area contributed by atoms with E-state index >= 15 is 0 Å². The highest BCUT2D eigenvalue weighted by molar-refractivity contribution is 5.94. The summed E-state index contributed by atoms with van der Waals surface area (Å²) in [5.41, 5.74) is 0.883. The number of hydrogen-bond acceptors (Lipinski definition) is 3. The van der Waals surface area contributed by atoms with E-state index in [-0.39, 0.29) is 24.1 Å². The number of aryl methyl sites for hydroxylation is 1. The molecule has 0 bridgehead atoms. The van der Waals surface area contributed by atoms with Crippen molar-refractivity contribution in [3.63, 3.8) is 0 Å². The van der Waals surface area contributed by atoms with Gasteiger partial charge in [-0.2, -0.15) is 0 Å². The highest BCUT2D eigenvalue weighted by atomic mass is 19.1. The van der Waals surface area contributed by atoms with Crippen LogP contribution in [0.3, 0.4) is 0 Å². The lowest BCUT2D eigenvalue weighted by Crippen LogP contribution is -2.28. The monoisotopic (exact) mass is 267 g/mol. The maximum Gasteiger partial charge on any atom is 0.305 e. The van der Waals surface area contributed by atoms with Crippen LogP contribution in [0.4, 0.5) is 4.39 Å². The Morgan fingerprint density at radius 3 is 2.63 bits per heavy atom. The lowest BCUT2D eigenvalue weighted by Gasteiger charge is -2.17. The number of esters is 1. The number of amides is 1. The molecule has 1 aromatic rings. The number of rotatable bonds is 5. The Morgan fingerprint density at radius 2 is 2.05 bits per heavy atom. The van der Waals surface area contributed by atoms with Gasteiger partial charge in [-0.1, -0.05) is 0 Å². The molecule has 1 rings (SSSR count). The van der Waals surface area contributed by atoms with Crippen LogP contribution in [-0.4, -0.2) is 37.5 Å². The van der Waals surface area contributed by atoms with Crippen LogP contribution in [-0.2, 0) is 9.53 Å². The highest BCUT2D eigenvalue weighted by Crippen LogP contribution is 2.11. The van der Waals surface area contributed by atoms with E-state index in [1.165, 1.54) is 30.2 Å². The molecule has 0 aromatic heterocycles. The first kappa shape index (κ1) is 15.1. The molecule has 0 spiro atoms. The van der Waals surface area contributed by atoms with Crippen molar-refractivity contribution in [1.29, 1.82) is 0 Å². The SMILES string of the molecule is COC(=O)CCCN(C)C(=O)c1ccc(F)c(C)c1. The van der Waals surface area contributed by atoms with E-state index in [0.717, 1.165) is 0 Å². The number of halogens is 1. The van der Waals surface area contributed by atoms with E-state index in [9.17, 15) is 14.0 Å². The van der Waals surface area contributed by atoms with E-state index in [0.29, 0.717) is 24.1 Å². The van der Waals surface area contributed by atoms with Gasteiger partial charge in [0.05, 0.1) is 7.11 Å². The first-order chi connectivity index (χ1) is 8.95. The van der Waals surface area contributed by atoms with Gasteiger partial charge in [0.1, 0.15) is 5.82 Å². The maximum atomic E-state index is 13.1. The molecular formula is C14H18FNO3. The molecule has 0 saturated heterocycles. The first-order valence-electron chi connectivity index (χ1n) is 6.04. The largest absolute Gasteiger partial charge is 0.469 e. The minimum atomic E-state index is -0.329. The van der Waals surface area contributed by atoms with Gasteiger partial charge in [0.2, 0.25) is 0 Å². The quantitative estimate of drug-likeness (QED) is 0.768. The van der Waals surface area contributed by atoms with Crippen molar-refractivity contribution in [3.8, 4) is 0 Å². The minimum absolute atomic E-state index is 0.187. The molecule has 0 atom stereocenters. The normalized spacial score (nSPS) is 10.1. The molecule has 0 radical (unpaired) electrons. The molecule has 1 aromatic carbocycles. The van der Waals surface area contributed by atoms with Crippen molar-refractivity contribution >= 4 is 11.9 Å². The Morgan fingerprint density at radius 1 is 1.37 bits per heavy atom. The van der Waals surface area contributed by atoms with Crippen LogP contribution in [0.15, 0.2) is 18.2 Å². The molecule has 0 aliphatic rings. The number of carbonyl (C=O) groups excluding carboxylic acids is 2. The van der Waals surface area contributed by atoms with Gasteiger partial charge >= 0.3 is 5.97 Å². The van der Waals surface area contributed by atoms with Gasteiger partial charge in [0.25, 0.3) is 5.91 Å². The van der Waals surface area contributed by atoms with Crippen molar-refractivity contribution in [3.05, 3.63) is 35.1 Å². The standard InChI is InChI=1S/C14H18FNO3/c1-10-9-11(6-7-12(10)15)14(18)16(2)8-4-5-13(17)19-3/h6-7,9H,4-5,8H2,1-3H3. The third-order valence-electron chi connectivity index (χ3n) is 2.85. The topological polar surface area (TPSA) is 46.6 Å². The molecule has 4 nitrogen and oxygen atoms in total. The number of nitrogens with zero attached hydrogens (tertiary/aromatic N) is 1. The highest BCUT2D eigenvalue weighted by Gasteiger charge is 2.13. The van der Waals surface area contributed by atoms with Crippen molar-refractivity contribution in [1.82, 2.24) is 4.90 Å². The molecule has 0 saturated carbocycles. The van der Waals surface area contributed by atoms with Crippen molar-refractivity contribution < 1.29 is 18.7 Å². The van der Waals surface area contributed by atoms with Crippen molar-refractivity contribution in [2.24, 2.45) is 0 Å². The van der Waals surface area contributed by atoms with Crippen LogP contribution >= 0.6 is 0 Å². The zero-order chi connectivity index (χ0) is 14.4. The van der Waals surface area contributed by atoms with E-state index in [1.54, 1.807) is 14.0 Å². The van der Waals surface area contributed by atoms with Gasteiger partial charge in [-0.05, 0) is 37.1 Å². The molecule has 104 valence electrons. The molecule has 0 N–H and O–H groups in total. The van der Waals surface area contributed by atoms with Crippen LogP contribution in [0.5, 0.6) is 0 Å². The van der Waals surface area contributed by atoms with Crippen LogP contribution in [0.25, 0.3) is 0 Å². The second kappa shape index (κ2) is 6.87. The summed E-state index contributed by atoms with van der Waals surface area (Å²) in [7, 11) is 2.98. The molecule has 19 heavy (non-hydrogen) atoms. The fourth-order valence-corrected chi connectivity index (χ4v) is 1.66. The second-order valence-corrected chi connectivity index (χ2v) is 4.37. The summed E-state index contributed by atoms with van der Waals surface area (Å²) in [6, 6.07) is 4.26. The third kappa shape index (κ3) is 4.35. The fourth-order valence-electron chi connectivity index (χ4n) is 1.66. The van der Waals surface area contributed by atoms with Gasteiger partial charge < -0.3 is 9.64 Å². The zero-order valence-electron chi connectivity index (χ0n) is 11.4. The van der Waals surface area contributed by atoms with E-state index in [4.69, 9.17) is 0 Å². The minimum Gasteiger partial charge on any atom is -0.469 e. The Bertz CT molecular complexity index is 474.